The van der Waals surface area contributed by atoms with Gasteiger partial charge in [0.15, 0.2) is 17.5 Å². The number of hydrogen-bond acceptors (Lipinski definition) is 5. The molecule has 0 spiro atoms. The average molecular weight is 224 g/mol. The molecule has 3 heterocycles. The lowest BCUT2D eigenvalue weighted by molar-refractivity contribution is 1.06. The van der Waals surface area contributed by atoms with E-state index in [0.29, 0.717) is 17.5 Å². The van der Waals surface area contributed by atoms with Crippen LogP contribution in [0.4, 0.5) is 0 Å². The van der Waals surface area contributed by atoms with E-state index in [0.717, 1.165) is 5.56 Å². The van der Waals surface area contributed by atoms with Crippen molar-refractivity contribution < 1.29 is 0 Å². The van der Waals surface area contributed by atoms with Crippen molar-refractivity contribution in [2.75, 3.05) is 0 Å². The molecule has 0 saturated carbocycles. The molecule has 17 heavy (non-hydrogen) atoms. The first-order valence-electron chi connectivity index (χ1n) is 5.04. The lowest BCUT2D eigenvalue weighted by Crippen LogP contribution is -1.88. The highest BCUT2D eigenvalue weighted by atomic mass is 15.2. The van der Waals surface area contributed by atoms with Crippen molar-refractivity contribution in [3.05, 3.63) is 43.0 Å². The Balaban J connectivity index is 1.99. The van der Waals surface area contributed by atoms with E-state index in [1.165, 1.54) is 0 Å². The van der Waals surface area contributed by atoms with Gasteiger partial charge in [-0.15, -0.1) is 0 Å². The van der Waals surface area contributed by atoms with E-state index in [1.807, 2.05) is 12.1 Å². The van der Waals surface area contributed by atoms with Crippen molar-refractivity contribution in [3.63, 3.8) is 0 Å². The van der Waals surface area contributed by atoms with Gasteiger partial charge in [0.25, 0.3) is 0 Å². The highest BCUT2D eigenvalue weighted by Crippen LogP contribution is 2.15. The van der Waals surface area contributed by atoms with Gasteiger partial charge in [-0.05, 0) is 18.2 Å². The normalized spacial score (nSPS) is 10.4. The molecule has 0 aliphatic carbocycles. The molecule has 3 aromatic rings. The van der Waals surface area contributed by atoms with E-state index in [-0.39, 0.29) is 0 Å². The van der Waals surface area contributed by atoms with Gasteiger partial charge in [-0.2, -0.15) is 5.10 Å². The van der Waals surface area contributed by atoms with Gasteiger partial charge in [-0.3, -0.25) is 10.1 Å². The van der Waals surface area contributed by atoms with Crippen molar-refractivity contribution in [2.45, 2.75) is 0 Å². The van der Waals surface area contributed by atoms with Crippen LogP contribution in [0.15, 0.2) is 43.0 Å². The fourth-order valence-corrected chi connectivity index (χ4v) is 1.41. The smallest absolute Gasteiger partial charge is 0.197 e. The summed E-state index contributed by atoms with van der Waals surface area (Å²) in [6.45, 7) is 0. The van der Waals surface area contributed by atoms with Crippen molar-refractivity contribution in [1.29, 1.82) is 0 Å². The Hall–Kier alpha value is -2.63. The van der Waals surface area contributed by atoms with Crippen molar-refractivity contribution in [3.8, 4) is 23.0 Å². The van der Waals surface area contributed by atoms with Crippen LogP contribution in [0.1, 0.15) is 0 Å². The number of nitrogens with zero attached hydrogens (tertiary/aromatic N) is 5. The summed E-state index contributed by atoms with van der Waals surface area (Å²) in [7, 11) is 0. The molecule has 82 valence electrons. The lowest BCUT2D eigenvalue weighted by Gasteiger charge is -1.92. The summed E-state index contributed by atoms with van der Waals surface area (Å²) in [5, 5.41) is 6.91. The molecule has 6 nitrogen and oxygen atoms in total. The van der Waals surface area contributed by atoms with Gasteiger partial charge < -0.3 is 0 Å². The minimum atomic E-state index is 0.523. The van der Waals surface area contributed by atoms with Crippen LogP contribution < -0.4 is 0 Å². The minimum absolute atomic E-state index is 0.523. The van der Waals surface area contributed by atoms with Gasteiger partial charge in [0.1, 0.15) is 0 Å². The highest BCUT2D eigenvalue weighted by molar-refractivity contribution is 5.56. The molecule has 0 bridgehead atoms. The summed E-state index contributed by atoms with van der Waals surface area (Å²) >= 11 is 0. The standard InChI is InChI=1S/C11H8N6/c1-3-8(7-12-4-1)9-15-11(17-16-9)10-13-5-2-6-14-10/h1-7H,(H,15,16,17). The monoisotopic (exact) mass is 224 g/mol. The average Bonchev–Trinajstić information content (AvgIpc) is 2.90. The summed E-state index contributed by atoms with van der Waals surface area (Å²) in [5.74, 6) is 1.65. The molecule has 6 heteroatoms. The molecule has 3 rings (SSSR count). The Morgan fingerprint density at radius 1 is 0.941 bits per heavy atom. The summed E-state index contributed by atoms with van der Waals surface area (Å²) in [6.07, 6.45) is 6.74. The molecule has 1 N–H and O–H groups in total. The predicted molar refractivity (Wildman–Crippen MR) is 60.6 cm³/mol. The first-order valence-corrected chi connectivity index (χ1v) is 5.04. The van der Waals surface area contributed by atoms with E-state index in [2.05, 4.69) is 30.1 Å². The van der Waals surface area contributed by atoms with Crippen LogP contribution in [-0.4, -0.2) is 30.1 Å². The molecule has 0 unspecified atom stereocenters. The number of nitrogens with one attached hydrogen (secondary N) is 1. The Morgan fingerprint density at radius 3 is 2.59 bits per heavy atom. The van der Waals surface area contributed by atoms with Crippen LogP contribution in [0.3, 0.4) is 0 Å². The highest BCUT2D eigenvalue weighted by Gasteiger charge is 2.08. The van der Waals surface area contributed by atoms with Gasteiger partial charge in [0.05, 0.1) is 0 Å². The Bertz CT molecular complexity index is 550. The van der Waals surface area contributed by atoms with Crippen LogP contribution in [0.25, 0.3) is 23.0 Å². The molecular weight excluding hydrogens is 216 g/mol. The van der Waals surface area contributed by atoms with E-state index >= 15 is 0 Å². The van der Waals surface area contributed by atoms with E-state index in [1.54, 1.807) is 30.9 Å². The Labute approximate surface area is 96.8 Å². The number of aromatic amines is 1. The maximum atomic E-state index is 4.32. The lowest BCUT2D eigenvalue weighted by atomic mass is 10.3. The summed E-state index contributed by atoms with van der Waals surface area (Å²) in [5.41, 5.74) is 0.853. The molecule has 3 aromatic heterocycles. The first-order chi connectivity index (χ1) is 8.43. The van der Waals surface area contributed by atoms with Crippen molar-refractivity contribution in [1.82, 2.24) is 30.1 Å². The summed E-state index contributed by atoms with van der Waals surface area (Å²) < 4.78 is 0. The molecular formula is C11H8N6. The van der Waals surface area contributed by atoms with Gasteiger partial charge in [0, 0.05) is 30.4 Å². The Kier molecular flexibility index (Phi) is 2.31. The predicted octanol–water partition coefficient (Wildman–Crippen LogP) is 1.32. The second-order valence-corrected chi connectivity index (χ2v) is 3.32. The molecule has 0 saturated heterocycles. The molecule has 0 aromatic carbocycles. The fourth-order valence-electron chi connectivity index (χ4n) is 1.41. The maximum absolute atomic E-state index is 4.32. The van der Waals surface area contributed by atoms with Gasteiger partial charge in [-0.25, -0.2) is 15.0 Å². The third kappa shape index (κ3) is 1.87. The Morgan fingerprint density at radius 2 is 1.82 bits per heavy atom. The maximum Gasteiger partial charge on any atom is 0.197 e. The topological polar surface area (TPSA) is 80.2 Å². The van der Waals surface area contributed by atoms with Gasteiger partial charge >= 0.3 is 0 Å². The fraction of sp³-hybridized carbons (Fsp3) is 0. The molecule has 0 atom stereocenters. The summed E-state index contributed by atoms with van der Waals surface area (Å²) in [6, 6.07) is 5.48. The molecule has 0 fully saturated rings. The number of H-pyrrole nitrogens is 1. The minimum Gasteiger partial charge on any atom is -0.264 e. The third-order valence-corrected chi connectivity index (χ3v) is 2.18. The zero-order valence-electron chi connectivity index (χ0n) is 8.78. The van der Waals surface area contributed by atoms with E-state index in [9.17, 15) is 0 Å². The molecule has 0 aliphatic rings. The molecule has 0 aliphatic heterocycles. The zero-order valence-corrected chi connectivity index (χ0v) is 8.78. The molecule has 0 amide bonds. The second-order valence-electron chi connectivity index (χ2n) is 3.32. The largest absolute Gasteiger partial charge is 0.264 e. The van der Waals surface area contributed by atoms with Crippen molar-refractivity contribution in [2.24, 2.45) is 0 Å². The van der Waals surface area contributed by atoms with Crippen LogP contribution >= 0.6 is 0 Å². The van der Waals surface area contributed by atoms with Crippen LogP contribution in [0.5, 0.6) is 0 Å². The summed E-state index contributed by atoms with van der Waals surface area (Å²) in [4.78, 5) is 16.5. The second kappa shape index (κ2) is 4.09. The van der Waals surface area contributed by atoms with Crippen LogP contribution in [-0.2, 0) is 0 Å². The number of aromatic nitrogens is 6. The quantitative estimate of drug-likeness (QED) is 0.710. The molecule has 0 radical (unpaired) electrons. The van der Waals surface area contributed by atoms with Crippen molar-refractivity contribution >= 4 is 0 Å². The van der Waals surface area contributed by atoms with E-state index < -0.39 is 0 Å². The van der Waals surface area contributed by atoms with Crippen LogP contribution in [0, 0.1) is 0 Å². The number of pyridine rings is 1. The zero-order chi connectivity index (χ0) is 11.5. The first kappa shape index (κ1) is 9.59. The number of rotatable bonds is 2. The van der Waals surface area contributed by atoms with Gasteiger partial charge in [-0.1, -0.05) is 0 Å². The van der Waals surface area contributed by atoms with E-state index in [4.69, 9.17) is 0 Å². The third-order valence-electron chi connectivity index (χ3n) is 2.18. The van der Waals surface area contributed by atoms with Crippen LogP contribution in [0.2, 0.25) is 0 Å². The SMILES string of the molecule is c1cnc(-c2nc(-c3cccnc3)n[nH]2)nc1. The number of hydrogen-bond donors (Lipinski definition) is 1. The van der Waals surface area contributed by atoms with Gasteiger partial charge in [0.2, 0.25) is 0 Å².